The minimum absolute atomic E-state index is 0.364. The Bertz CT molecular complexity index is 516. The SMILES string of the molecule is Cc1c(F)cccc1-n1nn[nH]c1=O. The van der Waals surface area contributed by atoms with E-state index in [0.29, 0.717) is 11.3 Å². The number of halogens is 1. The lowest BCUT2D eigenvalue weighted by Gasteiger charge is -2.02. The van der Waals surface area contributed by atoms with Crippen molar-refractivity contribution in [1.29, 1.82) is 0 Å². The summed E-state index contributed by atoms with van der Waals surface area (Å²) in [4.78, 5) is 11.1. The molecule has 0 radical (unpaired) electrons. The molecule has 0 spiro atoms. The van der Waals surface area contributed by atoms with Gasteiger partial charge in [-0.25, -0.2) is 14.3 Å². The van der Waals surface area contributed by atoms with Gasteiger partial charge in [-0.15, -0.1) is 0 Å². The van der Waals surface area contributed by atoms with E-state index in [0.717, 1.165) is 4.68 Å². The summed E-state index contributed by atoms with van der Waals surface area (Å²) in [7, 11) is 0. The van der Waals surface area contributed by atoms with Crippen LogP contribution >= 0.6 is 0 Å². The molecule has 0 aliphatic heterocycles. The van der Waals surface area contributed by atoms with Crippen LogP contribution in [0.25, 0.3) is 5.69 Å². The normalized spacial score (nSPS) is 10.4. The van der Waals surface area contributed by atoms with Crippen LogP contribution in [0.4, 0.5) is 4.39 Å². The van der Waals surface area contributed by atoms with Gasteiger partial charge in [-0.2, -0.15) is 4.68 Å². The topological polar surface area (TPSA) is 63.6 Å². The Balaban J connectivity index is 2.69. The predicted molar refractivity (Wildman–Crippen MR) is 46.7 cm³/mol. The maximum Gasteiger partial charge on any atom is 0.365 e. The molecule has 2 rings (SSSR count). The molecule has 72 valence electrons. The van der Waals surface area contributed by atoms with Gasteiger partial charge in [0.15, 0.2) is 0 Å². The Morgan fingerprint density at radius 3 is 2.93 bits per heavy atom. The molecule has 0 aliphatic carbocycles. The van der Waals surface area contributed by atoms with Crippen LogP contribution in [0, 0.1) is 12.7 Å². The van der Waals surface area contributed by atoms with Crippen molar-refractivity contribution in [3.63, 3.8) is 0 Å². The molecular weight excluding hydrogens is 187 g/mol. The van der Waals surface area contributed by atoms with E-state index in [1.54, 1.807) is 13.0 Å². The van der Waals surface area contributed by atoms with E-state index in [4.69, 9.17) is 0 Å². The van der Waals surface area contributed by atoms with E-state index in [1.807, 2.05) is 0 Å². The number of aromatic amines is 1. The maximum atomic E-state index is 13.1. The Morgan fingerprint density at radius 2 is 2.29 bits per heavy atom. The van der Waals surface area contributed by atoms with E-state index in [-0.39, 0.29) is 5.82 Å². The molecule has 6 heteroatoms. The first-order chi connectivity index (χ1) is 6.70. The van der Waals surface area contributed by atoms with Gasteiger partial charge < -0.3 is 0 Å². The third-order valence-electron chi connectivity index (χ3n) is 1.94. The van der Waals surface area contributed by atoms with E-state index in [1.165, 1.54) is 12.1 Å². The zero-order valence-corrected chi connectivity index (χ0v) is 7.36. The molecule has 1 N–H and O–H groups in total. The Kier molecular flexibility index (Phi) is 1.88. The van der Waals surface area contributed by atoms with Gasteiger partial charge in [0.2, 0.25) is 0 Å². The van der Waals surface area contributed by atoms with Crippen molar-refractivity contribution in [3.8, 4) is 5.69 Å². The highest BCUT2D eigenvalue weighted by Gasteiger charge is 2.08. The first kappa shape index (κ1) is 8.61. The van der Waals surface area contributed by atoms with E-state index in [2.05, 4.69) is 15.5 Å². The molecule has 0 saturated heterocycles. The molecule has 0 aliphatic rings. The van der Waals surface area contributed by atoms with E-state index < -0.39 is 5.69 Å². The van der Waals surface area contributed by atoms with Crippen LogP contribution < -0.4 is 5.69 Å². The molecule has 0 bridgehead atoms. The quantitative estimate of drug-likeness (QED) is 0.714. The van der Waals surface area contributed by atoms with Crippen LogP contribution in [0.2, 0.25) is 0 Å². The summed E-state index contributed by atoms with van der Waals surface area (Å²) < 4.78 is 14.1. The summed E-state index contributed by atoms with van der Waals surface area (Å²) in [5.74, 6) is -0.377. The number of rotatable bonds is 1. The van der Waals surface area contributed by atoms with Crippen LogP contribution in [-0.2, 0) is 0 Å². The van der Waals surface area contributed by atoms with Crippen LogP contribution in [-0.4, -0.2) is 20.2 Å². The van der Waals surface area contributed by atoms with Gasteiger partial charge in [-0.3, -0.25) is 0 Å². The van der Waals surface area contributed by atoms with Crippen molar-refractivity contribution < 1.29 is 4.39 Å². The van der Waals surface area contributed by atoms with Gasteiger partial charge in [0.1, 0.15) is 5.82 Å². The van der Waals surface area contributed by atoms with Crippen molar-refractivity contribution in [2.45, 2.75) is 6.92 Å². The van der Waals surface area contributed by atoms with Gasteiger partial charge >= 0.3 is 5.69 Å². The summed E-state index contributed by atoms with van der Waals surface area (Å²) in [5, 5.41) is 8.98. The number of hydrogen-bond acceptors (Lipinski definition) is 3. The van der Waals surface area contributed by atoms with Crippen molar-refractivity contribution in [2.75, 3.05) is 0 Å². The molecule has 0 saturated carbocycles. The predicted octanol–water partition coefficient (Wildman–Crippen LogP) is 0.403. The second-order valence-electron chi connectivity index (χ2n) is 2.80. The fourth-order valence-electron chi connectivity index (χ4n) is 1.18. The molecule has 2 aromatic rings. The fourth-order valence-corrected chi connectivity index (χ4v) is 1.18. The first-order valence-corrected chi connectivity index (χ1v) is 3.96. The molecule has 14 heavy (non-hydrogen) atoms. The van der Waals surface area contributed by atoms with Gasteiger partial charge in [-0.1, -0.05) is 6.07 Å². The number of nitrogens with one attached hydrogen (secondary N) is 1. The second-order valence-corrected chi connectivity index (χ2v) is 2.80. The Morgan fingerprint density at radius 1 is 1.50 bits per heavy atom. The molecule has 1 aromatic carbocycles. The van der Waals surface area contributed by atoms with E-state index in [9.17, 15) is 9.18 Å². The lowest BCUT2D eigenvalue weighted by molar-refractivity contribution is 0.614. The number of nitrogens with zero attached hydrogens (tertiary/aromatic N) is 3. The molecule has 0 fully saturated rings. The van der Waals surface area contributed by atoms with Crippen LogP contribution in [0.15, 0.2) is 23.0 Å². The van der Waals surface area contributed by atoms with Crippen molar-refractivity contribution in [2.24, 2.45) is 0 Å². The zero-order valence-electron chi connectivity index (χ0n) is 7.36. The van der Waals surface area contributed by atoms with Crippen molar-refractivity contribution in [3.05, 3.63) is 40.1 Å². The maximum absolute atomic E-state index is 13.1. The minimum atomic E-state index is -0.487. The molecule has 0 atom stereocenters. The molecule has 1 heterocycles. The molecule has 5 nitrogen and oxygen atoms in total. The fraction of sp³-hybridized carbons (Fsp3) is 0.125. The number of aromatic nitrogens is 4. The van der Waals surface area contributed by atoms with Gasteiger partial charge in [0.05, 0.1) is 5.69 Å². The summed E-state index contributed by atoms with van der Waals surface area (Å²) >= 11 is 0. The van der Waals surface area contributed by atoms with Crippen molar-refractivity contribution >= 4 is 0 Å². The summed E-state index contributed by atoms with van der Waals surface area (Å²) in [5.41, 5.74) is 0.269. The monoisotopic (exact) mass is 194 g/mol. The summed E-state index contributed by atoms with van der Waals surface area (Å²) in [6, 6.07) is 4.44. The third-order valence-corrected chi connectivity index (χ3v) is 1.94. The number of H-pyrrole nitrogens is 1. The highest BCUT2D eigenvalue weighted by atomic mass is 19.1. The van der Waals surface area contributed by atoms with Crippen LogP contribution in [0.1, 0.15) is 5.56 Å². The summed E-state index contributed by atoms with van der Waals surface area (Å²) in [6.45, 7) is 1.58. The highest BCUT2D eigenvalue weighted by Crippen LogP contribution is 2.13. The highest BCUT2D eigenvalue weighted by molar-refractivity contribution is 5.39. The summed E-state index contributed by atoms with van der Waals surface area (Å²) in [6.07, 6.45) is 0. The van der Waals surface area contributed by atoms with Crippen LogP contribution in [0.3, 0.4) is 0 Å². The Labute approximate surface area is 78.2 Å². The lowest BCUT2D eigenvalue weighted by Crippen LogP contribution is -2.17. The standard InChI is InChI=1S/C8H7FN4O/c1-5-6(9)3-2-4-7(5)13-8(14)10-11-12-13/h2-4H,1H3,(H,10,12,14). The number of tetrazole rings is 1. The smallest absolute Gasteiger partial charge is 0.244 e. The second kappa shape index (κ2) is 3.06. The molecule has 0 unspecified atom stereocenters. The number of hydrogen-bond donors (Lipinski definition) is 1. The van der Waals surface area contributed by atoms with Gasteiger partial charge in [0.25, 0.3) is 0 Å². The Hall–Kier alpha value is -1.98. The molecule has 0 amide bonds. The first-order valence-electron chi connectivity index (χ1n) is 3.96. The van der Waals surface area contributed by atoms with Crippen LogP contribution in [0.5, 0.6) is 0 Å². The minimum Gasteiger partial charge on any atom is -0.244 e. The number of benzene rings is 1. The molecular formula is C8H7FN4O. The average Bonchev–Trinajstić information content (AvgIpc) is 2.57. The average molecular weight is 194 g/mol. The molecule has 1 aromatic heterocycles. The largest absolute Gasteiger partial charge is 0.365 e. The van der Waals surface area contributed by atoms with Gasteiger partial charge in [-0.05, 0) is 29.5 Å². The van der Waals surface area contributed by atoms with Gasteiger partial charge in [0, 0.05) is 5.56 Å². The lowest BCUT2D eigenvalue weighted by atomic mass is 10.2. The zero-order chi connectivity index (χ0) is 10.1. The van der Waals surface area contributed by atoms with E-state index >= 15 is 0 Å². The van der Waals surface area contributed by atoms with Crippen molar-refractivity contribution in [1.82, 2.24) is 20.2 Å². The third kappa shape index (κ3) is 1.20.